The standard InChI is InChI=1S/C11H11N3O4S/c1-5-3-7(18-14-5)10(15)12-4-8-13-6(2)9(19-8)11(16)17/h3H,4H2,1-2H3,(H,12,15)(H,16,17). The molecule has 2 heterocycles. The summed E-state index contributed by atoms with van der Waals surface area (Å²) in [5.74, 6) is -1.31. The second-order valence-corrected chi connectivity index (χ2v) is 4.93. The average Bonchev–Trinajstić information content (AvgIpc) is 2.92. The number of nitrogens with one attached hydrogen (secondary N) is 1. The van der Waals surface area contributed by atoms with Gasteiger partial charge in [0.15, 0.2) is 0 Å². The van der Waals surface area contributed by atoms with Crippen LogP contribution in [0.3, 0.4) is 0 Å². The molecule has 1 amide bonds. The van der Waals surface area contributed by atoms with Gasteiger partial charge in [-0.3, -0.25) is 4.79 Å². The van der Waals surface area contributed by atoms with Crippen LogP contribution in [0, 0.1) is 13.8 Å². The number of rotatable bonds is 4. The molecule has 2 aromatic heterocycles. The van der Waals surface area contributed by atoms with Crippen molar-refractivity contribution in [2.24, 2.45) is 0 Å². The number of amides is 1. The number of carboxylic acid groups (broad SMARTS) is 1. The van der Waals surface area contributed by atoms with Crippen molar-refractivity contribution in [2.75, 3.05) is 0 Å². The fraction of sp³-hybridized carbons (Fsp3) is 0.273. The fourth-order valence-electron chi connectivity index (χ4n) is 1.44. The number of carbonyl (C=O) groups excluding carboxylic acids is 1. The monoisotopic (exact) mass is 281 g/mol. The highest BCUT2D eigenvalue weighted by Gasteiger charge is 2.16. The van der Waals surface area contributed by atoms with Gasteiger partial charge in [0.2, 0.25) is 5.76 Å². The molecule has 0 saturated heterocycles. The van der Waals surface area contributed by atoms with Crippen molar-refractivity contribution in [3.8, 4) is 0 Å². The zero-order valence-corrected chi connectivity index (χ0v) is 11.1. The minimum Gasteiger partial charge on any atom is -0.477 e. The molecule has 8 heteroatoms. The Labute approximate surface area is 112 Å². The van der Waals surface area contributed by atoms with Crippen molar-refractivity contribution in [3.05, 3.63) is 33.1 Å². The minimum absolute atomic E-state index is 0.115. The van der Waals surface area contributed by atoms with E-state index < -0.39 is 11.9 Å². The van der Waals surface area contributed by atoms with Crippen LogP contribution in [0.25, 0.3) is 0 Å². The smallest absolute Gasteiger partial charge is 0.347 e. The molecule has 0 aromatic carbocycles. The zero-order chi connectivity index (χ0) is 14.0. The van der Waals surface area contributed by atoms with Gasteiger partial charge in [-0.25, -0.2) is 9.78 Å². The molecule has 0 aliphatic carbocycles. The van der Waals surface area contributed by atoms with Crippen molar-refractivity contribution in [1.29, 1.82) is 0 Å². The highest BCUT2D eigenvalue weighted by molar-refractivity contribution is 7.13. The van der Waals surface area contributed by atoms with Crippen molar-refractivity contribution < 1.29 is 19.2 Å². The Bertz CT molecular complexity index is 632. The topological polar surface area (TPSA) is 105 Å². The first kappa shape index (κ1) is 13.2. The summed E-state index contributed by atoms with van der Waals surface area (Å²) >= 11 is 1.04. The van der Waals surface area contributed by atoms with Crippen LogP contribution < -0.4 is 5.32 Å². The van der Waals surface area contributed by atoms with Gasteiger partial charge in [-0.2, -0.15) is 0 Å². The lowest BCUT2D eigenvalue weighted by Crippen LogP contribution is -2.22. The summed E-state index contributed by atoms with van der Waals surface area (Å²) in [4.78, 5) is 26.8. The number of carbonyl (C=O) groups is 2. The van der Waals surface area contributed by atoms with E-state index in [4.69, 9.17) is 9.63 Å². The van der Waals surface area contributed by atoms with E-state index in [1.165, 1.54) is 6.07 Å². The van der Waals surface area contributed by atoms with Gasteiger partial charge in [-0.1, -0.05) is 5.16 Å². The molecule has 0 atom stereocenters. The Kier molecular flexibility index (Phi) is 3.61. The van der Waals surface area contributed by atoms with Gasteiger partial charge in [0.05, 0.1) is 17.9 Å². The van der Waals surface area contributed by atoms with Crippen molar-refractivity contribution in [2.45, 2.75) is 20.4 Å². The molecule has 2 N–H and O–H groups in total. The largest absolute Gasteiger partial charge is 0.477 e. The van der Waals surface area contributed by atoms with Crippen LogP contribution >= 0.6 is 11.3 Å². The molecule has 19 heavy (non-hydrogen) atoms. The number of hydrogen-bond donors (Lipinski definition) is 2. The van der Waals surface area contributed by atoms with Crippen LogP contribution in [-0.4, -0.2) is 27.1 Å². The van der Waals surface area contributed by atoms with Gasteiger partial charge in [0, 0.05) is 6.07 Å². The number of thiazole rings is 1. The van der Waals surface area contributed by atoms with E-state index in [1.807, 2.05) is 0 Å². The van der Waals surface area contributed by atoms with Crippen molar-refractivity contribution >= 4 is 23.2 Å². The fourth-order valence-corrected chi connectivity index (χ4v) is 2.28. The molecule has 0 aliphatic rings. The quantitative estimate of drug-likeness (QED) is 0.877. The lowest BCUT2D eigenvalue weighted by Gasteiger charge is -1.98. The molecule has 0 aliphatic heterocycles. The third-order valence-electron chi connectivity index (χ3n) is 2.29. The van der Waals surface area contributed by atoms with Crippen LogP contribution in [-0.2, 0) is 6.54 Å². The summed E-state index contributed by atoms with van der Waals surface area (Å²) in [5.41, 5.74) is 1.06. The molecular formula is C11H11N3O4S. The average molecular weight is 281 g/mol. The predicted molar refractivity (Wildman–Crippen MR) is 66.2 cm³/mol. The van der Waals surface area contributed by atoms with E-state index >= 15 is 0 Å². The van der Waals surface area contributed by atoms with Crippen LogP contribution in [0.15, 0.2) is 10.6 Å². The Balaban J connectivity index is 2.01. The summed E-state index contributed by atoms with van der Waals surface area (Å²) in [6.07, 6.45) is 0. The summed E-state index contributed by atoms with van der Waals surface area (Å²) in [5, 5.41) is 15.6. The highest BCUT2D eigenvalue weighted by atomic mass is 32.1. The van der Waals surface area contributed by atoms with Crippen LogP contribution in [0.5, 0.6) is 0 Å². The van der Waals surface area contributed by atoms with E-state index in [9.17, 15) is 9.59 Å². The van der Waals surface area contributed by atoms with Crippen LogP contribution in [0.2, 0.25) is 0 Å². The molecule has 2 rings (SSSR count). The number of carboxylic acids is 1. The van der Waals surface area contributed by atoms with Crippen LogP contribution in [0.4, 0.5) is 0 Å². The first-order chi connectivity index (χ1) is 8.97. The molecular weight excluding hydrogens is 270 g/mol. The molecule has 0 unspecified atom stereocenters. The Morgan fingerprint density at radius 3 is 2.74 bits per heavy atom. The molecule has 7 nitrogen and oxygen atoms in total. The summed E-state index contributed by atoms with van der Waals surface area (Å²) < 4.78 is 4.81. The number of nitrogens with zero attached hydrogens (tertiary/aromatic N) is 2. The van der Waals surface area contributed by atoms with Gasteiger partial charge in [0.1, 0.15) is 9.88 Å². The van der Waals surface area contributed by atoms with E-state index in [-0.39, 0.29) is 17.2 Å². The highest BCUT2D eigenvalue weighted by Crippen LogP contribution is 2.17. The molecule has 0 fully saturated rings. The van der Waals surface area contributed by atoms with Gasteiger partial charge >= 0.3 is 5.97 Å². The summed E-state index contributed by atoms with van der Waals surface area (Å²) in [7, 11) is 0. The third-order valence-corrected chi connectivity index (χ3v) is 3.43. The summed E-state index contributed by atoms with van der Waals surface area (Å²) in [6, 6.07) is 1.52. The van der Waals surface area contributed by atoms with Crippen molar-refractivity contribution in [1.82, 2.24) is 15.5 Å². The molecule has 0 radical (unpaired) electrons. The lowest BCUT2D eigenvalue weighted by molar-refractivity contribution is 0.0701. The first-order valence-electron chi connectivity index (χ1n) is 5.38. The van der Waals surface area contributed by atoms with Crippen LogP contribution in [0.1, 0.15) is 36.6 Å². The normalized spacial score (nSPS) is 10.4. The number of hydrogen-bond acceptors (Lipinski definition) is 6. The number of aromatic carboxylic acids is 1. The van der Waals surface area contributed by atoms with Gasteiger partial charge in [0.25, 0.3) is 5.91 Å². The number of aromatic nitrogens is 2. The maximum atomic E-state index is 11.7. The molecule has 100 valence electrons. The maximum Gasteiger partial charge on any atom is 0.347 e. The van der Waals surface area contributed by atoms with Gasteiger partial charge in [-0.15, -0.1) is 11.3 Å². The van der Waals surface area contributed by atoms with E-state index in [0.29, 0.717) is 16.4 Å². The van der Waals surface area contributed by atoms with Gasteiger partial charge < -0.3 is 14.9 Å². The molecule has 2 aromatic rings. The van der Waals surface area contributed by atoms with E-state index in [1.54, 1.807) is 13.8 Å². The SMILES string of the molecule is Cc1cc(C(=O)NCc2nc(C)c(C(=O)O)s2)on1. The second kappa shape index (κ2) is 5.19. The molecule has 0 bridgehead atoms. The number of aryl methyl sites for hydroxylation is 2. The first-order valence-corrected chi connectivity index (χ1v) is 6.20. The summed E-state index contributed by atoms with van der Waals surface area (Å²) in [6.45, 7) is 3.48. The second-order valence-electron chi connectivity index (χ2n) is 3.84. The Hall–Kier alpha value is -2.22. The van der Waals surface area contributed by atoms with Crippen molar-refractivity contribution in [3.63, 3.8) is 0 Å². The Morgan fingerprint density at radius 1 is 1.47 bits per heavy atom. The lowest BCUT2D eigenvalue weighted by atomic mass is 10.3. The van der Waals surface area contributed by atoms with E-state index in [0.717, 1.165) is 11.3 Å². The predicted octanol–water partition coefficient (Wildman–Crippen LogP) is 1.38. The Morgan fingerprint density at radius 2 is 2.21 bits per heavy atom. The van der Waals surface area contributed by atoms with Gasteiger partial charge in [-0.05, 0) is 13.8 Å². The van der Waals surface area contributed by atoms with E-state index in [2.05, 4.69) is 15.5 Å². The third kappa shape index (κ3) is 2.97. The molecule has 0 spiro atoms. The molecule has 0 saturated carbocycles. The zero-order valence-electron chi connectivity index (χ0n) is 10.3. The minimum atomic E-state index is -1.02. The maximum absolute atomic E-state index is 11.7.